The van der Waals surface area contributed by atoms with Gasteiger partial charge in [-0.3, -0.25) is 0 Å². The lowest BCUT2D eigenvalue weighted by Gasteiger charge is -1.84. The lowest BCUT2D eigenvalue weighted by molar-refractivity contribution is 0.0802. The van der Waals surface area contributed by atoms with E-state index in [1.807, 2.05) is 0 Å². The summed E-state index contributed by atoms with van der Waals surface area (Å²) in [7, 11) is 0. The van der Waals surface area contributed by atoms with Crippen LogP contribution in [0.4, 0.5) is 27.2 Å². The summed E-state index contributed by atoms with van der Waals surface area (Å²) in [6.07, 6.45) is -9.44. The van der Waals surface area contributed by atoms with E-state index in [-0.39, 0.29) is 0 Å². The van der Waals surface area contributed by atoms with Crippen molar-refractivity contribution >= 4 is 12.3 Å². The quantitative estimate of drug-likeness (QED) is 0.361. The fourth-order valence-corrected chi connectivity index (χ4v) is 0.0747. The van der Waals surface area contributed by atoms with Crippen LogP contribution < -0.4 is 0 Å². The SMILES string of the molecule is FC(F)=C(F)F.O=C(O)OC(=O)O. The van der Waals surface area contributed by atoms with Gasteiger partial charge in [0, 0.05) is 0 Å². The number of carboxylic acid groups (broad SMARTS) is 2. The average Bonchev–Trinajstić information content (AvgIpc) is 1.84. The Labute approximate surface area is 67.8 Å². The molecule has 0 aromatic carbocycles. The van der Waals surface area contributed by atoms with Gasteiger partial charge in [-0.25, -0.2) is 9.59 Å². The first-order valence-electron chi connectivity index (χ1n) is 2.27. The van der Waals surface area contributed by atoms with Gasteiger partial charge in [-0.2, -0.15) is 17.6 Å². The van der Waals surface area contributed by atoms with E-state index in [0.717, 1.165) is 0 Å². The zero-order valence-electron chi connectivity index (χ0n) is 5.63. The highest BCUT2D eigenvalue weighted by Gasteiger charge is 2.01. The predicted molar refractivity (Wildman–Crippen MR) is 28.6 cm³/mol. The number of rotatable bonds is 0. The fraction of sp³-hybridized carbons (Fsp3) is 0. The monoisotopic (exact) mass is 206 g/mol. The van der Waals surface area contributed by atoms with Gasteiger partial charge in [-0.05, 0) is 0 Å². The lowest BCUT2D eigenvalue weighted by atomic mass is 11.1. The lowest BCUT2D eigenvalue weighted by Crippen LogP contribution is -2.05. The molecule has 0 aliphatic heterocycles. The first kappa shape index (κ1) is 13.8. The molecule has 0 amide bonds. The van der Waals surface area contributed by atoms with Crippen molar-refractivity contribution in [3.8, 4) is 0 Å². The molecule has 0 unspecified atom stereocenters. The van der Waals surface area contributed by atoms with Crippen molar-refractivity contribution in [1.82, 2.24) is 0 Å². The molecule has 0 atom stereocenters. The van der Waals surface area contributed by atoms with Gasteiger partial charge in [0.25, 0.3) is 0 Å². The molecule has 0 rings (SSSR count). The van der Waals surface area contributed by atoms with Crippen LogP contribution in [0.2, 0.25) is 0 Å². The van der Waals surface area contributed by atoms with E-state index in [4.69, 9.17) is 10.2 Å². The first-order valence-corrected chi connectivity index (χ1v) is 2.27. The molecule has 0 radical (unpaired) electrons. The van der Waals surface area contributed by atoms with Gasteiger partial charge < -0.3 is 14.9 Å². The van der Waals surface area contributed by atoms with E-state index in [1.54, 1.807) is 0 Å². The topological polar surface area (TPSA) is 83.8 Å². The highest BCUT2D eigenvalue weighted by atomic mass is 19.3. The van der Waals surface area contributed by atoms with Crippen molar-refractivity contribution in [2.24, 2.45) is 0 Å². The summed E-state index contributed by atoms with van der Waals surface area (Å²) in [6, 6.07) is 0. The summed E-state index contributed by atoms with van der Waals surface area (Å²) < 4.78 is 44.2. The van der Waals surface area contributed by atoms with Crippen molar-refractivity contribution in [3.63, 3.8) is 0 Å². The van der Waals surface area contributed by atoms with Crippen molar-refractivity contribution in [2.45, 2.75) is 0 Å². The van der Waals surface area contributed by atoms with Gasteiger partial charge >= 0.3 is 24.5 Å². The summed E-state index contributed by atoms with van der Waals surface area (Å²) in [6.45, 7) is 0. The van der Waals surface area contributed by atoms with Gasteiger partial charge in [0.05, 0.1) is 0 Å². The molecular formula is C4H2F4O5. The van der Waals surface area contributed by atoms with Crippen molar-refractivity contribution in [3.05, 3.63) is 12.2 Å². The minimum atomic E-state index is -2.91. The van der Waals surface area contributed by atoms with Crippen LogP contribution in [0.3, 0.4) is 0 Å². The Morgan fingerprint density at radius 2 is 1.08 bits per heavy atom. The highest BCUT2D eigenvalue weighted by Crippen LogP contribution is 2.08. The summed E-state index contributed by atoms with van der Waals surface area (Å²) in [4.78, 5) is 18.4. The maximum atomic E-state index is 10.3. The Morgan fingerprint density at radius 3 is 1.08 bits per heavy atom. The molecule has 0 spiro atoms. The molecule has 0 fully saturated rings. The normalized spacial score (nSPS) is 7.69. The second-order valence-electron chi connectivity index (χ2n) is 1.15. The third-order valence-corrected chi connectivity index (χ3v) is 0.317. The molecule has 0 aliphatic carbocycles. The molecule has 0 saturated heterocycles. The molecule has 5 nitrogen and oxygen atoms in total. The number of hydrogen-bond donors (Lipinski definition) is 2. The maximum Gasteiger partial charge on any atom is 0.516 e. The smallest absolute Gasteiger partial charge is 0.449 e. The van der Waals surface area contributed by atoms with Gasteiger partial charge in [-0.15, -0.1) is 0 Å². The van der Waals surface area contributed by atoms with Gasteiger partial charge in [0.1, 0.15) is 0 Å². The minimum absolute atomic E-state index is 1.81. The van der Waals surface area contributed by atoms with E-state index in [0.29, 0.717) is 0 Å². The molecule has 76 valence electrons. The zero-order chi connectivity index (χ0) is 11.0. The van der Waals surface area contributed by atoms with E-state index in [2.05, 4.69) is 4.74 Å². The molecule has 0 heterocycles. The first-order chi connectivity index (χ1) is 5.77. The molecular weight excluding hydrogens is 204 g/mol. The Bertz CT molecular complexity index is 195. The summed E-state index contributed by atoms with van der Waals surface area (Å²) in [5.41, 5.74) is 0. The average molecular weight is 206 g/mol. The van der Waals surface area contributed by atoms with Gasteiger partial charge in [0.15, 0.2) is 0 Å². The Balaban J connectivity index is 0. The number of ether oxygens (including phenoxy) is 1. The van der Waals surface area contributed by atoms with Crippen molar-refractivity contribution in [2.75, 3.05) is 0 Å². The molecule has 0 aromatic rings. The third-order valence-electron chi connectivity index (χ3n) is 0.317. The Hall–Kier alpha value is -1.80. The van der Waals surface area contributed by atoms with Crippen LogP contribution in [0, 0.1) is 0 Å². The number of carbonyl (C=O) groups is 2. The summed E-state index contributed by atoms with van der Waals surface area (Å²) in [5, 5.41) is 15.0. The summed E-state index contributed by atoms with van der Waals surface area (Å²) >= 11 is 0. The largest absolute Gasteiger partial charge is 0.516 e. The standard InChI is InChI=1S/C2F4.C2H2O5/c3-1(4)2(5)6;3-1(4)7-2(5)6/h;(H,3,4)(H,5,6). The molecule has 0 aliphatic rings. The second kappa shape index (κ2) is 6.88. The molecule has 9 heteroatoms. The van der Waals surface area contributed by atoms with Crippen LogP contribution in [-0.4, -0.2) is 22.5 Å². The second-order valence-corrected chi connectivity index (χ2v) is 1.15. The minimum Gasteiger partial charge on any atom is -0.449 e. The molecule has 13 heavy (non-hydrogen) atoms. The molecule has 0 saturated carbocycles. The summed E-state index contributed by atoms with van der Waals surface area (Å²) in [5.74, 6) is 0. The van der Waals surface area contributed by atoms with E-state index in [1.165, 1.54) is 0 Å². The van der Waals surface area contributed by atoms with Gasteiger partial charge in [0.2, 0.25) is 0 Å². The number of halogens is 4. The molecule has 0 bridgehead atoms. The maximum absolute atomic E-state index is 10.3. The molecule has 2 N–H and O–H groups in total. The molecule has 0 aromatic heterocycles. The zero-order valence-corrected chi connectivity index (χ0v) is 5.63. The van der Waals surface area contributed by atoms with Gasteiger partial charge in [-0.1, -0.05) is 0 Å². The third kappa shape index (κ3) is 17.8. The Kier molecular flexibility index (Phi) is 7.29. The van der Waals surface area contributed by atoms with Crippen LogP contribution in [0.15, 0.2) is 12.2 Å². The van der Waals surface area contributed by atoms with Crippen LogP contribution in [0.1, 0.15) is 0 Å². The van der Waals surface area contributed by atoms with E-state index in [9.17, 15) is 27.2 Å². The predicted octanol–water partition coefficient (Wildman–Crippen LogP) is 2.35. The van der Waals surface area contributed by atoms with Crippen LogP contribution in [0.25, 0.3) is 0 Å². The van der Waals surface area contributed by atoms with Crippen LogP contribution in [-0.2, 0) is 4.74 Å². The fourth-order valence-electron chi connectivity index (χ4n) is 0.0747. The van der Waals surface area contributed by atoms with E-state index < -0.39 is 24.5 Å². The Morgan fingerprint density at radius 1 is 0.846 bits per heavy atom. The highest BCUT2D eigenvalue weighted by molar-refractivity contribution is 5.74. The van der Waals surface area contributed by atoms with Crippen LogP contribution in [0.5, 0.6) is 0 Å². The van der Waals surface area contributed by atoms with E-state index >= 15 is 0 Å². The van der Waals surface area contributed by atoms with Crippen molar-refractivity contribution < 1.29 is 42.1 Å². The van der Waals surface area contributed by atoms with Crippen molar-refractivity contribution in [1.29, 1.82) is 0 Å². The van der Waals surface area contributed by atoms with Crippen LogP contribution >= 0.6 is 0 Å². The number of hydrogen-bond acceptors (Lipinski definition) is 3.